The molecule has 8 nitrogen and oxygen atoms in total. The lowest BCUT2D eigenvalue weighted by Crippen LogP contribution is -2.39. The lowest BCUT2D eigenvalue weighted by atomic mass is 10.2. The third-order valence-electron chi connectivity index (χ3n) is 4.68. The molecule has 0 unspecified atom stereocenters. The first-order valence-corrected chi connectivity index (χ1v) is 12.4. The van der Waals surface area contributed by atoms with Crippen molar-refractivity contribution < 1.29 is 22.7 Å². The molecular formula is C24H24ClN3O5S. The van der Waals surface area contributed by atoms with Gasteiger partial charge in [-0.25, -0.2) is 13.8 Å². The van der Waals surface area contributed by atoms with Gasteiger partial charge in [0.15, 0.2) is 0 Å². The zero-order valence-corrected chi connectivity index (χ0v) is 20.2. The van der Waals surface area contributed by atoms with Gasteiger partial charge in [0.05, 0.1) is 25.3 Å². The Bertz CT molecular complexity index is 1260. The van der Waals surface area contributed by atoms with Crippen LogP contribution in [0, 0.1) is 0 Å². The summed E-state index contributed by atoms with van der Waals surface area (Å²) >= 11 is 6.13. The lowest BCUT2D eigenvalue weighted by molar-refractivity contribution is -0.119. The number of hydrogen-bond donors (Lipinski definition) is 1. The van der Waals surface area contributed by atoms with E-state index in [1.165, 1.54) is 13.3 Å². The molecule has 0 bridgehead atoms. The fourth-order valence-electron chi connectivity index (χ4n) is 2.99. The van der Waals surface area contributed by atoms with E-state index in [9.17, 15) is 13.2 Å². The molecule has 0 fully saturated rings. The predicted molar refractivity (Wildman–Crippen MR) is 133 cm³/mol. The van der Waals surface area contributed by atoms with E-state index < -0.39 is 22.5 Å². The number of benzene rings is 3. The number of anilines is 1. The zero-order valence-electron chi connectivity index (χ0n) is 18.6. The van der Waals surface area contributed by atoms with Gasteiger partial charge in [-0.05, 0) is 48.0 Å². The summed E-state index contributed by atoms with van der Waals surface area (Å²) in [4.78, 5) is 12.4. The van der Waals surface area contributed by atoms with E-state index >= 15 is 0 Å². The van der Waals surface area contributed by atoms with E-state index in [4.69, 9.17) is 21.1 Å². The van der Waals surface area contributed by atoms with Crippen LogP contribution in [0.3, 0.4) is 0 Å². The molecule has 0 aliphatic carbocycles. The summed E-state index contributed by atoms with van der Waals surface area (Å²) < 4.78 is 36.4. The summed E-state index contributed by atoms with van der Waals surface area (Å²) in [7, 11) is -2.31. The standard InChI is InChI=1S/C24H24ClN3O5S/c1-32-23-10-6-5-9-22(23)28(34(2,30)31)16-24(29)27-26-15-18-11-13-20(14-12-18)33-17-19-7-3-4-8-21(19)25/h3-15H,16-17H2,1-2H3,(H,27,29)/b26-15-. The summed E-state index contributed by atoms with van der Waals surface area (Å²) in [6, 6.07) is 21.1. The Labute approximate surface area is 203 Å². The second-order valence-corrected chi connectivity index (χ2v) is 9.50. The number of sulfonamides is 1. The fraction of sp³-hybridized carbons (Fsp3) is 0.167. The topological polar surface area (TPSA) is 97.3 Å². The molecule has 10 heteroatoms. The number of hydrogen-bond acceptors (Lipinski definition) is 6. The second-order valence-electron chi connectivity index (χ2n) is 7.18. The third kappa shape index (κ3) is 6.97. The number of carbonyl (C=O) groups excluding carboxylic acids is 1. The van der Waals surface area contributed by atoms with Crippen molar-refractivity contribution in [2.24, 2.45) is 5.10 Å². The van der Waals surface area contributed by atoms with Gasteiger partial charge in [-0.1, -0.05) is 41.9 Å². The van der Waals surface area contributed by atoms with Gasteiger partial charge in [-0.3, -0.25) is 9.10 Å². The van der Waals surface area contributed by atoms with Gasteiger partial charge in [-0.2, -0.15) is 5.10 Å². The number of nitrogens with one attached hydrogen (secondary N) is 1. The average Bonchev–Trinajstić information content (AvgIpc) is 2.82. The van der Waals surface area contributed by atoms with Crippen LogP contribution in [0.1, 0.15) is 11.1 Å². The van der Waals surface area contributed by atoms with Crippen molar-refractivity contribution in [1.82, 2.24) is 5.43 Å². The number of carbonyl (C=O) groups is 1. The van der Waals surface area contributed by atoms with Crippen molar-refractivity contribution in [1.29, 1.82) is 0 Å². The van der Waals surface area contributed by atoms with E-state index in [-0.39, 0.29) is 5.69 Å². The Morgan fingerprint density at radius 1 is 1.06 bits per heavy atom. The highest BCUT2D eigenvalue weighted by atomic mass is 35.5. The average molecular weight is 502 g/mol. The van der Waals surface area contributed by atoms with Crippen LogP contribution in [-0.2, 0) is 21.4 Å². The molecule has 0 saturated heterocycles. The van der Waals surface area contributed by atoms with Gasteiger partial charge in [0.25, 0.3) is 5.91 Å². The second kappa shape index (κ2) is 11.5. The molecule has 0 heterocycles. The van der Waals surface area contributed by atoms with Gasteiger partial charge in [0.2, 0.25) is 10.0 Å². The number of para-hydroxylation sites is 2. The first kappa shape index (κ1) is 25.1. The van der Waals surface area contributed by atoms with Gasteiger partial charge in [0, 0.05) is 10.6 Å². The molecule has 0 saturated carbocycles. The van der Waals surface area contributed by atoms with Crippen LogP contribution in [0.25, 0.3) is 0 Å². The molecule has 0 atom stereocenters. The minimum Gasteiger partial charge on any atom is -0.495 e. The van der Waals surface area contributed by atoms with Gasteiger partial charge in [-0.15, -0.1) is 0 Å². The van der Waals surface area contributed by atoms with Crippen molar-refractivity contribution in [2.75, 3.05) is 24.2 Å². The molecule has 0 aliphatic heterocycles. The maximum absolute atomic E-state index is 12.4. The monoisotopic (exact) mass is 501 g/mol. The lowest BCUT2D eigenvalue weighted by Gasteiger charge is -2.23. The molecule has 3 aromatic carbocycles. The molecule has 3 aromatic rings. The van der Waals surface area contributed by atoms with Crippen LogP contribution in [0.2, 0.25) is 5.02 Å². The quantitative estimate of drug-likeness (QED) is 0.336. The third-order valence-corrected chi connectivity index (χ3v) is 6.17. The molecule has 34 heavy (non-hydrogen) atoms. The SMILES string of the molecule is COc1ccccc1N(CC(=O)N/N=C\c1ccc(OCc2ccccc2Cl)cc1)S(C)(=O)=O. The van der Waals surface area contributed by atoms with Gasteiger partial charge in [0.1, 0.15) is 24.7 Å². The normalized spacial score (nSPS) is 11.3. The fourth-order valence-corrected chi connectivity index (χ4v) is 4.04. The van der Waals surface area contributed by atoms with Crippen LogP contribution in [-0.4, -0.2) is 40.4 Å². The number of nitrogens with zero attached hydrogens (tertiary/aromatic N) is 2. The number of halogens is 1. The van der Waals surface area contributed by atoms with Crippen LogP contribution < -0.4 is 19.2 Å². The highest BCUT2D eigenvalue weighted by molar-refractivity contribution is 7.92. The van der Waals surface area contributed by atoms with Crippen LogP contribution in [0.15, 0.2) is 77.9 Å². The number of rotatable bonds is 10. The molecule has 3 rings (SSSR count). The Hall–Kier alpha value is -3.56. The van der Waals surface area contributed by atoms with Gasteiger partial charge < -0.3 is 9.47 Å². The van der Waals surface area contributed by atoms with Crippen molar-refractivity contribution in [3.8, 4) is 11.5 Å². The van der Waals surface area contributed by atoms with Crippen molar-refractivity contribution in [3.05, 3.63) is 88.9 Å². The van der Waals surface area contributed by atoms with E-state index in [0.717, 1.165) is 21.7 Å². The predicted octanol–water partition coefficient (Wildman–Crippen LogP) is 3.84. The van der Waals surface area contributed by atoms with Crippen molar-refractivity contribution in [2.45, 2.75) is 6.61 Å². The summed E-state index contributed by atoms with van der Waals surface area (Å²) in [5, 5.41) is 4.55. The first-order valence-electron chi connectivity index (χ1n) is 10.2. The van der Waals surface area contributed by atoms with Crippen molar-refractivity contribution >= 4 is 39.4 Å². The molecule has 0 aliphatic rings. The number of hydrazone groups is 1. The molecule has 1 amide bonds. The highest BCUT2D eigenvalue weighted by Gasteiger charge is 2.23. The highest BCUT2D eigenvalue weighted by Crippen LogP contribution is 2.29. The van der Waals surface area contributed by atoms with Gasteiger partial charge >= 0.3 is 0 Å². The van der Waals surface area contributed by atoms with Crippen LogP contribution in [0.5, 0.6) is 11.5 Å². The molecule has 0 aromatic heterocycles. The van der Waals surface area contributed by atoms with Crippen LogP contribution in [0.4, 0.5) is 5.69 Å². The molecular weight excluding hydrogens is 478 g/mol. The summed E-state index contributed by atoms with van der Waals surface area (Å²) in [6.07, 6.45) is 2.47. The largest absolute Gasteiger partial charge is 0.495 e. The molecule has 0 spiro atoms. The Balaban J connectivity index is 1.57. The zero-order chi connectivity index (χ0) is 24.6. The maximum atomic E-state index is 12.4. The Morgan fingerprint density at radius 2 is 1.74 bits per heavy atom. The van der Waals surface area contributed by atoms with E-state index in [1.807, 2.05) is 18.2 Å². The smallest absolute Gasteiger partial charge is 0.260 e. The summed E-state index contributed by atoms with van der Waals surface area (Å²) in [6.45, 7) is -0.114. The first-order chi connectivity index (χ1) is 16.3. The van der Waals surface area contributed by atoms with Crippen LogP contribution >= 0.6 is 11.6 Å². The Kier molecular flexibility index (Phi) is 8.50. The van der Waals surface area contributed by atoms with E-state index in [0.29, 0.717) is 23.1 Å². The molecule has 0 radical (unpaired) electrons. The minimum absolute atomic E-state index is 0.263. The Morgan fingerprint density at radius 3 is 2.41 bits per heavy atom. The number of methoxy groups -OCH3 is 1. The van der Waals surface area contributed by atoms with Crippen molar-refractivity contribution in [3.63, 3.8) is 0 Å². The molecule has 178 valence electrons. The minimum atomic E-state index is -3.74. The molecule has 1 N–H and O–H groups in total. The van der Waals surface area contributed by atoms with E-state index in [1.54, 1.807) is 54.6 Å². The van der Waals surface area contributed by atoms with E-state index in [2.05, 4.69) is 10.5 Å². The maximum Gasteiger partial charge on any atom is 0.260 e. The number of amides is 1. The summed E-state index contributed by atoms with van der Waals surface area (Å²) in [5.41, 5.74) is 4.21. The summed E-state index contributed by atoms with van der Waals surface area (Å²) in [5.74, 6) is 0.384. The number of ether oxygens (including phenoxy) is 2.